The molecule has 3 aromatic rings. The molecule has 0 bridgehead atoms. The summed E-state index contributed by atoms with van der Waals surface area (Å²) in [5.74, 6) is -0.696. The molecule has 1 saturated heterocycles. The highest BCUT2D eigenvalue weighted by molar-refractivity contribution is 5.94. The van der Waals surface area contributed by atoms with E-state index in [-0.39, 0.29) is 36.2 Å². The molecule has 0 atom stereocenters. The first-order valence-corrected chi connectivity index (χ1v) is 12.8. The first kappa shape index (κ1) is 28.9. The lowest BCUT2D eigenvalue weighted by Crippen LogP contribution is -2.47. The van der Waals surface area contributed by atoms with Crippen LogP contribution in [0.5, 0.6) is 11.5 Å². The van der Waals surface area contributed by atoms with Crippen LogP contribution in [-0.4, -0.2) is 54.7 Å². The Balaban J connectivity index is 1.43. The number of carbonyl (C=O) groups excluding carboxylic acids is 2. The van der Waals surface area contributed by atoms with Crippen LogP contribution in [0.15, 0.2) is 78.9 Å². The van der Waals surface area contributed by atoms with Crippen molar-refractivity contribution in [3.05, 3.63) is 95.8 Å². The SMILES string of the molecule is CN(Cc1ccccc1)C(=O)CC1(COc2ccc(F)cc2)CCN(C(=O)c2ccc(OC(F)(F)F)cc2)CC1. The van der Waals surface area contributed by atoms with Crippen LogP contribution in [0.2, 0.25) is 0 Å². The highest BCUT2D eigenvalue weighted by Crippen LogP contribution is 2.37. The first-order valence-electron chi connectivity index (χ1n) is 12.8. The lowest BCUT2D eigenvalue weighted by molar-refractivity contribution is -0.274. The minimum atomic E-state index is -4.82. The number of halogens is 4. The van der Waals surface area contributed by atoms with E-state index in [0.717, 1.165) is 17.7 Å². The van der Waals surface area contributed by atoms with E-state index in [1.165, 1.54) is 36.4 Å². The fourth-order valence-electron chi connectivity index (χ4n) is 4.71. The van der Waals surface area contributed by atoms with Crippen molar-refractivity contribution < 1.29 is 36.6 Å². The van der Waals surface area contributed by atoms with Crippen molar-refractivity contribution in [3.8, 4) is 11.5 Å². The summed E-state index contributed by atoms with van der Waals surface area (Å²) in [6.07, 6.45) is -3.67. The number of piperidine rings is 1. The third kappa shape index (κ3) is 7.97. The Hall–Kier alpha value is -4.08. The van der Waals surface area contributed by atoms with Crippen molar-refractivity contribution in [2.45, 2.75) is 32.2 Å². The number of benzene rings is 3. The van der Waals surface area contributed by atoms with E-state index < -0.39 is 17.5 Å². The molecule has 0 spiro atoms. The van der Waals surface area contributed by atoms with Gasteiger partial charge in [-0.1, -0.05) is 30.3 Å². The van der Waals surface area contributed by atoms with Crippen LogP contribution >= 0.6 is 0 Å². The van der Waals surface area contributed by atoms with Crippen LogP contribution in [-0.2, 0) is 11.3 Å². The standard InChI is InChI=1S/C30H30F4N2O4/c1-35(20-22-5-3-2-4-6-22)27(37)19-29(21-39-25-13-9-24(31)10-14-25)15-17-36(18-16-29)28(38)23-7-11-26(12-8-23)40-30(32,33)34/h2-14H,15-21H2,1H3. The molecule has 0 radical (unpaired) electrons. The molecule has 4 rings (SSSR count). The lowest BCUT2D eigenvalue weighted by atomic mass is 9.75. The Labute approximate surface area is 230 Å². The summed E-state index contributed by atoms with van der Waals surface area (Å²) in [5, 5.41) is 0. The number of alkyl halides is 3. The zero-order valence-corrected chi connectivity index (χ0v) is 22.0. The number of carbonyl (C=O) groups is 2. The summed E-state index contributed by atoms with van der Waals surface area (Å²) in [6.45, 7) is 1.33. The van der Waals surface area contributed by atoms with Gasteiger partial charge in [-0.15, -0.1) is 13.2 Å². The molecule has 3 aromatic carbocycles. The minimum Gasteiger partial charge on any atom is -0.493 e. The second-order valence-electron chi connectivity index (χ2n) is 10.0. The van der Waals surface area contributed by atoms with Crippen LogP contribution in [0.3, 0.4) is 0 Å². The summed E-state index contributed by atoms with van der Waals surface area (Å²) < 4.78 is 60.6. The molecule has 40 heavy (non-hydrogen) atoms. The smallest absolute Gasteiger partial charge is 0.493 e. The molecule has 6 nitrogen and oxygen atoms in total. The number of hydrogen-bond acceptors (Lipinski definition) is 4. The summed E-state index contributed by atoms with van der Waals surface area (Å²) in [7, 11) is 1.74. The molecule has 0 aliphatic carbocycles. The Morgan fingerprint density at radius 3 is 2.10 bits per heavy atom. The third-order valence-electron chi connectivity index (χ3n) is 7.02. The van der Waals surface area contributed by atoms with Crippen LogP contribution in [0.4, 0.5) is 17.6 Å². The van der Waals surface area contributed by atoms with Crippen LogP contribution in [0, 0.1) is 11.2 Å². The maximum Gasteiger partial charge on any atom is 0.573 e. The van der Waals surface area contributed by atoms with Gasteiger partial charge in [0.05, 0.1) is 6.61 Å². The molecule has 1 fully saturated rings. The molecule has 0 aromatic heterocycles. The topological polar surface area (TPSA) is 59.1 Å². The zero-order valence-electron chi connectivity index (χ0n) is 22.0. The van der Waals surface area contributed by atoms with Gasteiger partial charge in [0, 0.05) is 44.1 Å². The molecular formula is C30H30F4N2O4. The maximum atomic E-state index is 13.3. The largest absolute Gasteiger partial charge is 0.573 e. The van der Waals surface area contributed by atoms with E-state index in [2.05, 4.69) is 4.74 Å². The van der Waals surface area contributed by atoms with Gasteiger partial charge >= 0.3 is 6.36 Å². The first-order chi connectivity index (χ1) is 19.0. The Kier molecular flexibility index (Phi) is 8.96. The van der Waals surface area contributed by atoms with Gasteiger partial charge in [0.2, 0.25) is 5.91 Å². The number of ether oxygens (including phenoxy) is 2. The molecule has 1 aliphatic heterocycles. The van der Waals surface area contributed by atoms with Crippen molar-refractivity contribution in [3.63, 3.8) is 0 Å². The Morgan fingerprint density at radius 2 is 1.50 bits per heavy atom. The van der Waals surface area contributed by atoms with Gasteiger partial charge in [0.1, 0.15) is 17.3 Å². The Bertz CT molecular complexity index is 1270. The van der Waals surface area contributed by atoms with Gasteiger partial charge in [0.25, 0.3) is 5.91 Å². The molecule has 10 heteroatoms. The number of nitrogens with zero attached hydrogens (tertiary/aromatic N) is 2. The minimum absolute atomic E-state index is 0.0633. The molecule has 0 unspecified atom stereocenters. The van der Waals surface area contributed by atoms with Crippen molar-refractivity contribution in [2.24, 2.45) is 5.41 Å². The van der Waals surface area contributed by atoms with E-state index in [0.29, 0.717) is 38.2 Å². The van der Waals surface area contributed by atoms with Gasteiger partial charge in [-0.05, 0) is 66.9 Å². The van der Waals surface area contributed by atoms with Crippen LogP contribution in [0.1, 0.15) is 35.2 Å². The van der Waals surface area contributed by atoms with E-state index >= 15 is 0 Å². The molecular weight excluding hydrogens is 528 g/mol. The van der Waals surface area contributed by atoms with E-state index in [4.69, 9.17) is 4.74 Å². The van der Waals surface area contributed by atoms with E-state index in [1.807, 2.05) is 30.3 Å². The lowest BCUT2D eigenvalue weighted by Gasteiger charge is -2.42. The fraction of sp³-hybridized carbons (Fsp3) is 0.333. The summed E-state index contributed by atoms with van der Waals surface area (Å²) in [4.78, 5) is 29.6. The summed E-state index contributed by atoms with van der Waals surface area (Å²) in [5.41, 5.74) is 0.669. The third-order valence-corrected chi connectivity index (χ3v) is 7.02. The number of hydrogen-bond donors (Lipinski definition) is 0. The van der Waals surface area contributed by atoms with Crippen LogP contribution in [0.25, 0.3) is 0 Å². The molecule has 0 saturated carbocycles. The normalized spacial score (nSPS) is 14.9. The predicted molar refractivity (Wildman–Crippen MR) is 140 cm³/mol. The van der Waals surface area contributed by atoms with Crippen molar-refractivity contribution in [2.75, 3.05) is 26.7 Å². The highest BCUT2D eigenvalue weighted by Gasteiger charge is 2.39. The van der Waals surface area contributed by atoms with Gasteiger partial charge < -0.3 is 19.3 Å². The van der Waals surface area contributed by atoms with Crippen molar-refractivity contribution in [1.82, 2.24) is 9.80 Å². The predicted octanol–water partition coefficient (Wildman–Crippen LogP) is 6.07. The quantitative estimate of drug-likeness (QED) is 0.299. The average molecular weight is 559 g/mol. The molecule has 1 heterocycles. The maximum absolute atomic E-state index is 13.3. The number of rotatable bonds is 9. The molecule has 2 amide bonds. The fourth-order valence-corrected chi connectivity index (χ4v) is 4.71. The second-order valence-corrected chi connectivity index (χ2v) is 10.0. The zero-order chi connectivity index (χ0) is 28.8. The number of likely N-dealkylation sites (tertiary alicyclic amines) is 1. The summed E-state index contributed by atoms with van der Waals surface area (Å²) >= 11 is 0. The number of amides is 2. The monoisotopic (exact) mass is 558 g/mol. The van der Waals surface area contributed by atoms with Gasteiger partial charge in [-0.3, -0.25) is 9.59 Å². The van der Waals surface area contributed by atoms with Gasteiger partial charge in [0.15, 0.2) is 0 Å². The van der Waals surface area contributed by atoms with E-state index in [1.54, 1.807) is 16.8 Å². The average Bonchev–Trinajstić information content (AvgIpc) is 2.93. The van der Waals surface area contributed by atoms with Crippen molar-refractivity contribution >= 4 is 11.8 Å². The Morgan fingerprint density at radius 1 is 0.900 bits per heavy atom. The summed E-state index contributed by atoms with van der Waals surface area (Å²) in [6, 6.07) is 20.1. The highest BCUT2D eigenvalue weighted by atomic mass is 19.4. The second kappa shape index (κ2) is 12.4. The van der Waals surface area contributed by atoms with Crippen molar-refractivity contribution in [1.29, 1.82) is 0 Å². The molecule has 212 valence electrons. The molecule has 1 aliphatic rings. The molecule has 0 N–H and O–H groups in total. The van der Waals surface area contributed by atoms with Gasteiger partial charge in [-0.2, -0.15) is 0 Å². The van der Waals surface area contributed by atoms with Crippen LogP contribution < -0.4 is 9.47 Å². The van der Waals surface area contributed by atoms with Gasteiger partial charge in [-0.25, -0.2) is 4.39 Å². The van der Waals surface area contributed by atoms with E-state index in [9.17, 15) is 27.2 Å².